The number of carbonyl (C=O) groups excluding carboxylic acids is 2. The minimum atomic E-state index is -0.519. The molecule has 5 aromatic rings. The molecule has 1 aliphatic heterocycles. The number of amides is 2. The lowest BCUT2D eigenvalue weighted by Crippen LogP contribution is -2.28. The van der Waals surface area contributed by atoms with E-state index in [2.05, 4.69) is 15.5 Å². The molecule has 0 aliphatic carbocycles. The normalized spacial score (nSPS) is 14.1. The van der Waals surface area contributed by atoms with Crippen molar-refractivity contribution < 1.29 is 19.2 Å². The minimum Gasteiger partial charge on any atom is -0.495 e. The number of hydrogen-bond acceptors (Lipinski definition) is 10. The Morgan fingerprint density at radius 2 is 1.83 bits per heavy atom. The van der Waals surface area contributed by atoms with E-state index in [0.717, 1.165) is 21.7 Å². The largest absolute Gasteiger partial charge is 0.495 e. The standard InChI is InChI=1S/C34H31N7O5S2/c1-21-13-15-23(16-14-21)28-18-25(30-12-7-17-47-30)38-40(28)32(42)20-48-34-37-36-31(39(34)27-9-4-5-11-29(27)46-3)19-35-33(43)24-8-6-10-26(22(24)2)41(44)45/h4-17,28H,18-20H2,1-3H3,(H,35,43). The number of rotatable bonds is 11. The number of nitro benzene ring substituents is 1. The van der Waals surface area contributed by atoms with Gasteiger partial charge >= 0.3 is 0 Å². The van der Waals surface area contributed by atoms with Crippen molar-refractivity contribution in [3.05, 3.63) is 127 Å². The fourth-order valence-corrected chi connectivity index (χ4v) is 7.00. The lowest BCUT2D eigenvalue weighted by molar-refractivity contribution is -0.385. The number of hydrogen-bond donors (Lipinski definition) is 1. The Hall–Kier alpha value is -5.34. The topological polar surface area (TPSA) is 145 Å². The zero-order valence-electron chi connectivity index (χ0n) is 26.3. The predicted molar refractivity (Wildman–Crippen MR) is 184 cm³/mol. The molecule has 0 fully saturated rings. The molecule has 3 heterocycles. The van der Waals surface area contributed by atoms with Crippen LogP contribution in [0.2, 0.25) is 0 Å². The van der Waals surface area contributed by atoms with Gasteiger partial charge in [0.1, 0.15) is 5.75 Å². The molecule has 0 spiro atoms. The zero-order chi connectivity index (χ0) is 33.8. The highest BCUT2D eigenvalue weighted by molar-refractivity contribution is 7.99. The maximum atomic E-state index is 13.9. The molecular weight excluding hydrogens is 651 g/mol. The van der Waals surface area contributed by atoms with Crippen LogP contribution in [-0.2, 0) is 11.3 Å². The van der Waals surface area contributed by atoms with Crippen molar-refractivity contribution in [2.75, 3.05) is 12.9 Å². The van der Waals surface area contributed by atoms with Crippen LogP contribution in [0.15, 0.2) is 94.5 Å². The summed E-state index contributed by atoms with van der Waals surface area (Å²) in [5.74, 6) is 0.253. The van der Waals surface area contributed by atoms with Crippen LogP contribution in [0.3, 0.4) is 0 Å². The maximum Gasteiger partial charge on any atom is 0.273 e. The van der Waals surface area contributed by atoms with Crippen LogP contribution in [0.25, 0.3) is 5.69 Å². The summed E-state index contributed by atoms with van der Waals surface area (Å²) in [6.45, 7) is 3.52. The van der Waals surface area contributed by atoms with E-state index in [0.29, 0.717) is 28.8 Å². The van der Waals surface area contributed by atoms with E-state index in [-0.39, 0.29) is 41.1 Å². The number of aryl methyl sites for hydroxylation is 1. The molecule has 1 aliphatic rings. The minimum absolute atomic E-state index is 0.0239. The summed E-state index contributed by atoms with van der Waals surface area (Å²) >= 11 is 2.79. The number of benzene rings is 3. The van der Waals surface area contributed by atoms with Crippen molar-refractivity contribution in [3.63, 3.8) is 0 Å². The van der Waals surface area contributed by atoms with E-state index in [4.69, 9.17) is 9.84 Å². The molecule has 0 saturated carbocycles. The summed E-state index contributed by atoms with van der Waals surface area (Å²) in [5, 5.41) is 31.7. The van der Waals surface area contributed by atoms with Crippen LogP contribution in [0.1, 0.15) is 50.2 Å². The number of para-hydroxylation sites is 2. The number of thiophene rings is 1. The van der Waals surface area contributed by atoms with Crippen LogP contribution in [-0.4, -0.2) is 55.1 Å². The molecular formula is C34H31N7O5S2. The molecule has 0 radical (unpaired) electrons. The van der Waals surface area contributed by atoms with E-state index < -0.39 is 10.8 Å². The van der Waals surface area contributed by atoms with Gasteiger partial charge in [0.2, 0.25) is 0 Å². The van der Waals surface area contributed by atoms with Crippen LogP contribution in [0.5, 0.6) is 5.75 Å². The fourth-order valence-electron chi connectivity index (χ4n) is 5.46. The monoisotopic (exact) mass is 681 g/mol. The average molecular weight is 682 g/mol. The second kappa shape index (κ2) is 14.2. The molecule has 1 N–H and O–H groups in total. The summed E-state index contributed by atoms with van der Waals surface area (Å²) in [6, 6.07) is 23.5. The number of aromatic nitrogens is 3. The number of nitrogens with zero attached hydrogens (tertiary/aromatic N) is 6. The number of ether oxygens (including phenoxy) is 1. The number of nitrogens with one attached hydrogen (secondary N) is 1. The third-order valence-corrected chi connectivity index (χ3v) is 9.77. The molecule has 12 nitrogen and oxygen atoms in total. The second-order valence-electron chi connectivity index (χ2n) is 11.0. The molecule has 1 atom stereocenters. The molecule has 1 unspecified atom stereocenters. The molecule has 0 bridgehead atoms. The second-order valence-corrected chi connectivity index (χ2v) is 12.9. The summed E-state index contributed by atoms with van der Waals surface area (Å²) in [4.78, 5) is 38.9. The van der Waals surface area contributed by atoms with E-state index in [1.807, 2.05) is 66.9 Å². The van der Waals surface area contributed by atoms with Gasteiger partial charge in [-0.1, -0.05) is 65.9 Å². The van der Waals surface area contributed by atoms with E-state index in [9.17, 15) is 19.7 Å². The number of nitro groups is 1. The number of carbonyl (C=O) groups is 2. The van der Waals surface area contributed by atoms with Crippen LogP contribution < -0.4 is 10.1 Å². The molecule has 0 saturated heterocycles. The quantitative estimate of drug-likeness (QED) is 0.0977. The first-order valence-corrected chi connectivity index (χ1v) is 16.8. The maximum absolute atomic E-state index is 13.9. The molecule has 6 rings (SSSR count). The van der Waals surface area contributed by atoms with Crippen LogP contribution >= 0.6 is 23.1 Å². The van der Waals surface area contributed by atoms with Crippen molar-refractivity contribution in [2.45, 2.75) is 38.0 Å². The lowest BCUT2D eigenvalue weighted by Gasteiger charge is -2.22. The van der Waals surface area contributed by atoms with Gasteiger partial charge < -0.3 is 10.1 Å². The van der Waals surface area contributed by atoms with Crippen LogP contribution in [0.4, 0.5) is 5.69 Å². The van der Waals surface area contributed by atoms with Gasteiger partial charge in [0, 0.05) is 23.6 Å². The first-order chi connectivity index (χ1) is 23.2. The van der Waals surface area contributed by atoms with Gasteiger partial charge in [0.05, 0.1) is 46.6 Å². The van der Waals surface area contributed by atoms with Crippen molar-refractivity contribution in [1.82, 2.24) is 25.1 Å². The Morgan fingerprint density at radius 3 is 2.56 bits per heavy atom. The predicted octanol–water partition coefficient (Wildman–Crippen LogP) is 6.26. The van der Waals surface area contributed by atoms with Gasteiger partial charge in [-0.3, -0.25) is 24.3 Å². The molecule has 244 valence electrons. The van der Waals surface area contributed by atoms with Crippen molar-refractivity contribution in [2.24, 2.45) is 5.10 Å². The summed E-state index contributed by atoms with van der Waals surface area (Å²) in [7, 11) is 1.55. The Kier molecular flexibility index (Phi) is 9.64. The SMILES string of the molecule is COc1ccccc1-n1c(CNC(=O)c2cccc([N+](=O)[O-])c2C)nnc1SCC(=O)N1N=C(c2cccs2)CC1c1ccc(C)cc1. The van der Waals surface area contributed by atoms with Crippen molar-refractivity contribution in [3.8, 4) is 11.4 Å². The highest BCUT2D eigenvalue weighted by Gasteiger charge is 2.34. The Morgan fingerprint density at radius 1 is 1.04 bits per heavy atom. The summed E-state index contributed by atoms with van der Waals surface area (Å²) in [5.41, 5.74) is 3.92. The first-order valence-electron chi connectivity index (χ1n) is 15.0. The average Bonchev–Trinajstić information content (AvgIpc) is 3.87. The summed E-state index contributed by atoms with van der Waals surface area (Å²) < 4.78 is 7.36. The van der Waals surface area contributed by atoms with Crippen molar-refractivity contribution in [1.29, 1.82) is 0 Å². The lowest BCUT2D eigenvalue weighted by atomic mass is 10.00. The van der Waals surface area contributed by atoms with E-state index in [1.54, 1.807) is 34.1 Å². The summed E-state index contributed by atoms with van der Waals surface area (Å²) in [6.07, 6.45) is 0.602. The Labute approximate surface area is 284 Å². The highest BCUT2D eigenvalue weighted by atomic mass is 32.2. The van der Waals surface area contributed by atoms with Gasteiger partial charge in [-0.15, -0.1) is 21.5 Å². The van der Waals surface area contributed by atoms with E-state index >= 15 is 0 Å². The Balaban J connectivity index is 1.26. The van der Waals surface area contributed by atoms with Gasteiger partial charge in [-0.2, -0.15) is 5.10 Å². The molecule has 2 amide bonds. The van der Waals surface area contributed by atoms with Crippen LogP contribution in [0, 0.1) is 24.0 Å². The first kappa shape index (κ1) is 32.6. The number of hydrazone groups is 1. The molecule has 48 heavy (non-hydrogen) atoms. The molecule has 3 aromatic carbocycles. The zero-order valence-corrected chi connectivity index (χ0v) is 28.0. The highest BCUT2D eigenvalue weighted by Crippen LogP contribution is 2.35. The van der Waals surface area contributed by atoms with Gasteiger partial charge in [-0.25, -0.2) is 5.01 Å². The third-order valence-electron chi connectivity index (χ3n) is 7.94. The van der Waals surface area contributed by atoms with Gasteiger partial charge in [0.25, 0.3) is 17.5 Å². The third kappa shape index (κ3) is 6.71. The van der Waals surface area contributed by atoms with Crippen molar-refractivity contribution >= 4 is 46.3 Å². The van der Waals surface area contributed by atoms with Gasteiger partial charge in [0.15, 0.2) is 11.0 Å². The van der Waals surface area contributed by atoms with E-state index in [1.165, 1.54) is 36.9 Å². The molecule has 2 aromatic heterocycles. The van der Waals surface area contributed by atoms with Gasteiger partial charge in [-0.05, 0) is 49.1 Å². The number of thioether (sulfide) groups is 1. The fraction of sp³-hybridized carbons (Fsp3) is 0.206. The number of methoxy groups -OCH3 is 1. The Bertz CT molecular complexity index is 2010. The smallest absolute Gasteiger partial charge is 0.273 e. The molecule has 14 heteroatoms.